The van der Waals surface area contributed by atoms with Crippen LogP contribution in [-0.4, -0.2) is 6.61 Å². The van der Waals surface area contributed by atoms with Gasteiger partial charge in [-0.2, -0.15) is 0 Å². The summed E-state index contributed by atoms with van der Waals surface area (Å²) in [6.45, 7) is 3.04. The second-order valence-electron chi connectivity index (χ2n) is 3.22. The summed E-state index contributed by atoms with van der Waals surface area (Å²) in [5.74, 6) is 1.57. The molecule has 1 aliphatic heterocycles. The van der Waals surface area contributed by atoms with E-state index >= 15 is 0 Å². The Morgan fingerprint density at radius 2 is 2.33 bits per heavy atom. The van der Waals surface area contributed by atoms with Crippen LogP contribution in [0.4, 0.5) is 0 Å². The maximum atomic E-state index is 5.89. The Hall–Kier alpha value is -0.690. The van der Waals surface area contributed by atoms with Crippen LogP contribution in [0.25, 0.3) is 0 Å². The molecule has 0 saturated heterocycles. The Labute approximate surface area is 77.3 Å². The summed E-state index contributed by atoms with van der Waals surface area (Å²) in [5.41, 5.74) is 1.24. The average Bonchev–Trinajstić information content (AvgIpc) is 2.07. The predicted molar refractivity (Wildman–Crippen MR) is 50.0 cm³/mol. The summed E-state index contributed by atoms with van der Waals surface area (Å²) in [6.07, 6.45) is 1.09. The highest BCUT2D eigenvalue weighted by molar-refractivity contribution is 6.30. The lowest BCUT2D eigenvalue weighted by atomic mass is 9.95. The van der Waals surface area contributed by atoms with E-state index in [1.807, 2.05) is 18.2 Å². The smallest absolute Gasteiger partial charge is 0.122 e. The third-order valence-electron chi connectivity index (χ3n) is 2.31. The summed E-state index contributed by atoms with van der Waals surface area (Å²) >= 11 is 5.89. The Bertz CT molecular complexity index is 296. The van der Waals surface area contributed by atoms with E-state index in [0.29, 0.717) is 5.92 Å². The zero-order valence-corrected chi connectivity index (χ0v) is 7.77. The van der Waals surface area contributed by atoms with E-state index in [1.165, 1.54) is 5.56 Å². The lowest BCUT2D eigenvalue weighted by Gasteiger charge is -2.22. The maximum absolute atomic E-state index is 5.89. The van der Waals surface area contributed by atoms with Gasteiger partial charge in [-0.3, -0.25) is 0 Å². The minimum absolute atomic E-state index is 0.576. The molecule has 0 saturated carbocycles. The fourth-order valence-corrected chi connectivity index (χ4v) is 1.72. The van der Waals surface area contributed by atoms with E-state index in [-0.39, 0.29) is 0 Å². The lowest BCUT2D eigenvalue weighted by Crippen LogP contribution is -2.11. The van der Waals surface area contributed by atoms with Crippen LogP contribution in [-0.2, 0) is 0 Å². The van der Waals surface area contributed by atoms with Crippen molar-refractivity contribution in [3.05, 3.63) is 28.8 Å². The van der Waals surface area contributed by atoms with Crippen molar-refractivity contribution in [1.82, 2.24) is 0 Å². The molecule has 1 aromatic carbocycles. The van der Waals surface area contributed by atoms with E-state index in [2.05, 4.69) is 6.92 Å². The van der Waals surface area contributed by atoms with Crippen LogP contribution in [0.15, 0.2) is 18.2 Å². The molecule has 0 fully saturated rings. The minimum Gasteiger partial charge on any atom is -0.493 e. The van der Waals surface area contributed by atoms with Gasteiger partial charge in [-0.1, -0.05) is 18.5 Å². The average molecular weight is 183 g/mol. The minimum atomic E-state index is 0.576. The molecule has 1 heterocycles. The van der Waals surface area contributed by atoms with Crippen LogP contribution in [0.1, 0.15) is 24.8 Å². The molecule has 0 N–H and O–H groups in total. The summed E-state index contributed by atoms with van der Waals surface area (Å²) in [6, 6.07) is 5.83. The number of rotatable bonds is 0. The second kappa shape index (κ2) is 2.98. The van der Waals surface area contributed by atoms with Crippen LogP contribution < -0.4 is 4.74 Å². The molecule has 0 bridgehead atoms. The van der Waals surface area contributed by atoms with Gasteiger partial charge >= 0.3 is 0 Å². The molecule has 2 heteroatoms. The number of hydrogen-bond donors (Lipinski definition) is 0. The Morgan fingerprint density at radius 3 is 3.17 bits per heavy atom. The van der Waals surface area contributed by atoms with Crippen molar-refractivity contribution in [2.24, 2.45) is 0 Å². The van der Waals surface area contributed by atoms with Crippen molar-refractivity contribution in [2.45, 2.75) is 19.3 Å². The van der Waals surface area contributed by atoms with Crippen molar-refractivity contribution in [3.63, 3.8) is 0 Å². The normalized spacial score (nSPS) is 21.3. The van der Waals surface area contributed by atoms with Gasteiger partial charge in [-0.15, -0.1) is 0 Å². The van der Waals surface area contributed by atoms with Gasteiger partial charge in [0, 0.05) is 5.02 Å². The van der Waals surface area contributed by atoms with Gasteiger partial charge in [0.25, 0.3) is 0 Å². The molecule has 0 spiro atoms. The molecule has 12 heavy (non-hydrogen) atoms. The van der Waals surface area contributed by atoms with Crippen LogP contribution in [0.2, 0.25) is 5.02 Å². The molecule has 1 aromatic rings. The van der Waals surface area contributed by atoms with Gasteiger partial charge in [0.05, 0.1) is 6.61 Å². The molecule has 1 atom stereocenters. The Balaban J connectivity index is 2.47. The van der Waals surface area contributed by atoms with Crippen molar-refractivity contribution >= 4 is 11.6 Å². The van der Waals surface area contributed by atoms with Crippen molar-refractivity contribution in [2.75, 3.05) is 6.61 Å². The topological polar surface area (TPSA) is 9.23 Å². The molecule has 0 aromatic heterocycles. The summed E-state index contributed by atoms with van der Waals surface area (Å²) < 4.78 is 5.49. The van der Waals surface area contributed by atoms with Gasteiger partial charge in [-0.25, -0.2) is 0 Å². The van der Waals surface area contributed by atoms with Crippen LogP contribution in [0.5, 0.6) is 5.75 Å². The van der Waals surface area contributed by atoms with E-state index in [0.717, 1.165) is 23.8 Å². The lowest BCUT2D eigenvalue weighted by molar-refractivity contribution is 0.272. The highest BCUT2D eigenvalue weighted by atomic mass is 35.5. The molecular formula is C10H11ClO. The zero-order chi connectivity index (χ0) is 8.55. The van der Waals surface area contributed by atoms with Crippen LogP contribution in [0, 0.1) is 0 Å². The first-order chi connectivity index (χ1) is 5.77. The first kappa shape index (κ1) is 7.93. The summed E-state index contributed by atoms with van der Waals surface area (Å²) in [5, 5.41) is 0.797. The zero-order valence-electron chi connectivity index (χ0n) is 7.01. The summed E-state index contributed by atoms with van der Waals surface area (Å²) in [4.78, 5) is 0. The summed E-state index contributed by atoms with van der Waals surface area (Å²) in [7, 11) is 0. The molecule has 0 unspecified atom stereocenters. The van der Waals surface area contributed by atoms with Gasteiger partial charge < -0.3 is 4.74 Å². The van der Waals surface area contributed by atoms with Gasteiger partial charge in [0.15, 0.2) is 0 Å². The first-order valence-corrected chi connectivity index (χ1v) is 4.57. The SMILES string of the molecule is C[C@H]1CCOc2ccc(Cl)cc21. The molecule has 64 valence electrons. The van der Waals surface area contributed by atoms with Gasteiger partial charge in [0.2, 0.25) is 0 Å². The van der Waals surface area contributed by atoms with E-state index in [9.17, 15) is 0 Å². The molecule has 2 rings (SSSR count). The fourth-order valence-electron chi connectivity index (χ4n) is 1.54. The van der Waals surface area contributed by atoms with E-state index in [4.69, 9.17) is 16.3 Å². The van der Waals surface area contributed by atoms with Crippen LogP contribution in [0.3, 0.4) is 0 Å². The number of benzene rings is 1. The van der Waals surface area contributed by atoms with E-state index < -0.39 is 0 Å². The standard InChI is InChI=1S/C10H11ClO/c1-7-4-5-12-10-3-2-8(11)6-9(7)10/h2-3,6-7H,4-5H2,1H3/t7-/m0/s1. The van der Waals surface area contributed by atoms with Crippen molar-refractivity contribution < 1.29 is 4.74 Å². The number of ether oxygens (including phenoxy) is 1. The third kappa shape index (κ3) is 1.29. The molecule has 1 nitrogen and oxygen atoms in total. The second-order valence-corrected chi connectivity index (χ2v) is 3.66. The fraction of sp³-hybridized carbons (Fsp3) is 0.400. The molecule has 1 aliphatic rings. The largest absolute Gasteiger partial charge is 0.493 e. The van der Waals surface area contributed by atoms with Crippen LogP contribution >= 0.6 is 11.6 Å². The Morgan fingerprint density at radius 1 is 1.50 bits per heavy atom. The quantitative estimate of drug-likeness (QED) is 0.599. The maximum Gasteiger partial charge on any atom is 0.122 e. The predicted octanol–water partition coefficient (Wildman–Crippen LogP) is 3.23. The van der Waals surface area contributed by atoms with Crippen molar-refractivity contribution in [1.29, 1.82) is 0 Å². The highest BCUT2D eigenvalue weighted by Gasteiger charge is 2.17. The van der Waals surface area contributed by atoms with Gasteiger partial charge in [-0.05, 0) is 36.1 Å². The molecule has 0 radical (unpaired) electrons. The number of halogens is 1. The van der Waals surface area contributed by atoms with Gasteiger partial charge in [0.1, 0.15) is 5.75 Å². The first-order valence-electron chi connectivity index (χ1n) is 4.19. The number of hydrogen-bond acceptors (Lipinski definition) is 1. The molecule has 0 aliphatic carbocycles. The molecule has 0 amide bonds. The van der Waals surface area contributed by atoms with E-state index in [1.54, 1.807) is 0 Å². The monoisotopic (exact) mass is 182 g/mol. The number of fused-ring (bicyclic) bond motifs is 1. The third-order valence-corrected chi connectivity index (χ3v) is 2.55. The Kier molecular flexibility index (Phi) is 1.97. The highest BCUT2D eigenvalue weighted by Crippen LogP contribution is 2.34. The van der Waals surface area contributed by atoms with Crippen molar-refractivity contribution in [3.8, 4) is 5.75 Å². The molecular weight excluding hydrogens is 172 g/mol.